The van der Waals surface area contributed by atoms with Crippen LogP contribution in [0.25, 0.3) is 0 Å². The Hall–Kier alpha value is -3.26. The highest BCUT2D eigenvalue weighted by Gasteiger charge is 2.26. The molecule has 2 aromatic rings. The Morgan fingerprint density at radius 3 is 2.52 bits per heavy atom. The van der Waals surface area contributed by atoms with E-state index in [1.165, 1.54) is 18.2 Å². The molecule has 1 saturated heterocycles. The lowest BCUT2D eigenvalue weighted by Crippen LogP contribution is -3.15. The van der Waals surface area contributed by atoms with Crippen molar-refractivity contribution in [1.29, 1.82) is 0 Å². The molecule has 1 heterocycles. The van der Waals surface area contributed by atoms with Gasteiger partial charge in [-0.2, -0.15) is 0 Å². The zero-order valence-electron chi connectivity index (χ0n) is 16.6. The molecule has 0 spiro atoms. The third-order valence-corrected chi connectivity index (χ3v) is 5.35. The van der Waals surface area contributed by atoms with Crippen LogP contribution >= 0.6 is 0 Å². The van der Waals surface area contributed by atoms with Gasteiger partial charge in [-0.3, -0.25) is 19.7 Å². The van der Waals surface area contributed by atoms with Crippen molar-refractivity contribution in [3.8, 4) is 0 Å². The second-order valence-electron chi connectivity index (χ2n) is 7.32. The number of amides is 2. The zero-order valence-corrected chi connectivity index (χ0v) is 16.6. The molecular formula is C21H25N4O4+. The molecule has 1 fully saturated rings. The first-order valence-corrected chi connectivity index (χ1v) is 9.58. The molecule has 0 radical (unpaired) electrons. The Morgan fingerprint density at radius 1 is 1.14 bits per heavy atom. The van der Waals surface area contributed by atoms with Crippen molar-refractivity contribution in [3.63, 3.8) is 0 Å². The summed E-state index contributed by atoms with van der Waals surface area (Å²) in [6.45, 7) is 6.65. The minimum Gasteiger partial charge on any atom is -0.327 e. The lowest BCUT2D eigenvalue weighted by molar-refractivity contribution is -0.895. The van der Waals surface area contributed by atoms with E-state index >= 15 is 0 Å². The lowest BCUT2D eigenvalue weighted by Gasteiger charge is -2.32. The van der Waals surface area contributed by atoms with Crippen molar-refractivity contribution in [2.45, 2.75) is 13.8 Å². The number of nitro benzene ring substituents is 1. The van der Waals surface area contributed by atoms with E-state index in [2.05, 4.69) is 5.32 Å². The largest absolute Gasteiger partial charge is 0.327 e. The maximum atomic E-state index is 12.6. The van der Waals surface area contributed by atoms with Gasteiger partial charge >= 0.3 is 0 Å². The van der Waals surface area contributed by atoms with Gasteiger partial charge in [-0.25, -0.2) is 0 Å². The summed E-state index contributed by atoms with van der Waals surface area (Å²) in [6, 6.07) is 11.6. The summed E-state index contributed by atoms with van der Waals surface area (Å²) in [6.07, 6.45) is 0. The number of piperazine rings is 1. The first kappa shape index (κ1) is 20.5. The van der Waals surface area contributed by atoms with E-state index in [1.54, 1.807) is 11.0 Å². The second kappa shape index (κ2) is 8.83. The topological polar surface area (TPSA) is 97.0 Å². The van der Waals surface area contributed by atoms with Crippen molar-refractivity contribution in [1.82, 2.24) is 4.90 Å². The first-order chi connectivity index (χ1) is 13.8. The third-order valence-electron chi connectivity index (χ3n) is 5.35. The monoisotopic (exact) mass is 397 g/mol. The standard InChI is InChI=1S/C21H24N4O4/c1-15-5-3-8-19(16(15)2)22-20(26)14-23-9-11-24(12-10-23)21(27)17-6-4-7-18(13-17)25(28)29/h3-8,13H,9-12,14H2,1-2H3,(H,22,26)/p+1. The van der Waals surface area contributed by atoms with E-state index in [0.29, 0.717) is 38.3 Å². The Kier molecular flexibility index (Phi) is 6.23. The fourth-order valence-electron chi connectivity index (χ4n) is 3.45. The van der Waals surface area contributed by atoms with Crippen molar-refractivity contribution >= 4 is 23.2 Å². The highest BCUT2D eigenvalue weighted by atomic mass is 16.6. The molecule has 0 atom stereocenters. The minimum atomic E-state index is -0.507. The Morgan fingerprint density at radius 2 is 1.83 bits per heavy atom. The summed E-state index contributed by atoms with van der Waals surface area (Å²) in [5, 5.41) is 13.9. The third kappa shape index (κ3) is 4.97. The number of hydrogen-bond donors (Lipinski definition) is 2. The van der Waals surface area contributed by atoms with Crippen molar-refractivity contribution in [2.75, 3.05) is 38.0 Å². The van der Waals surface area contributed by atoms with E-state index in [-0.39, 0.29) is 17.5 Å². The van der Waals surface area contributed by atoms with Gasteiger partial charge in [0.2, 0.25) is 0 Å². The number of rotatable bonds is 5. The zero-order chi connectivity index (χ0) is 21.0. The van der Waals surface area contributed by atoms with E-state index in [4.69, 9.17) is 0 Å². The van der Waals surface area contributed by atoms with Gasteiger partial charge in [0.15, 0.2) is 6.54 Å². The number of benzene rings is 2. The molecular weight excluding hydrogens is 372 g/mol. The summed E-state index contributed by atoms with van der Waals surface area (Å²) in [5.74, 6) is -0.264. The van der Waals surface area contributed by atoms with Gasteiger partial charge in [0.05, 0.1) is 31.1 Å². The molecule has 152 valence electrons. The SMILES string of the molecule is Cc1cccc(NC(=O)C[NH+]2CCN(C(=O)c3cccc([N+](=O)[O-])c3)CC2)c1C. The quantitative estimate of drug-likeness (QED) is 0.585. The molecule has 1 aliphatic heterocycles. The smallest absolute Gasteiger partial charge is 0.279 e. The number of quaternary nitrogens is 1. The van der Waals surface area contributed by atoms with Gasteiger partial charge in [0.1, 0.15) is 0 Å². The number of non-ortho nitro benzene ring substituents is 1. The molecule has 29 heavy (non-hydrogen) atoms. The van der Waals surface area contributed by atoms with Gasteiger partial charge < -0.3 is 15.1 Å². The number of carbonyl (C=O) groups excluding carboxylic acids is 2. The van der Waals surface area contributed by atoms with Crippen LogP contribution in [0, 0.1) is 24.0 Å². The van der Waals surface area contributed by atoms with Gasteiger partial charge in [-0.15, -0.1) is 0 Å². The first-order valence-electron chi connectivity index (χ1n) is 9.58. The van der Waals surface area contributed by atoms with Crippen molar-refractivity contribution in [3.05, 3.63) is 69.3 Å². The molecule has 8 heteroatoms. The number of aryl methyl sites for hydroxylation is 1. The van der Waals surface area contributed by atoms with Gasteiger partial charge in [-0.05, 0) is 37.1 Å². The van der Waals surface area contributed by atoms with Crippen LogP contribution in [0.4, 0.5) is 11.4 Å². The molecule has 2 amide bonds. The average Bonchev–Trinajstić information content (AvgIpc) is 2.71. The van der Waals surface area contributed by atoms with Crippen LogP contribution in [-0.2, 0) is 4.79 Å². The van der Waals surface area contributed by atoms with Crippen LogP contribution < -0.4 is 10.2 Å². The maximum Gasteiger partial charge on any atom is 0.279 e. The van der Waals surface area contributed by atoms with Crippen LogP contribution in [0.15, 0.2) is 42.5 Å². The molecule has 3 rings (SSSR count). The molecule has 8 nitrogen and oxygen atoms in total. The minimum absolute atomic E-state index is 0.0489. The summed E-state index contributed by atoms with van der Waals surface area (Å²) in [5.41, 5.74) is 3.24. The summed E-state index contributed by atoms with van der Waals surface area (Å²) in [7, 11) is 0. The fraction of sp³-hybridized carbons (Fsp3) is 0.333. The molecule has 2 N–H and O–H groups in total. The number of nitro groups is 1. The van der Waals surface area contributed by atoms with Crippen LogP contribution in [0.1, 0.15) is 21.5 Å². The number of nitrogens with one attached hydrogen (secondary N) is 2. The number of hydrogen-bond acceptors (Lipinski definition) is 4. The van der Waals surface area contributed by atoms with Crippen LogP contribution in [-0.4, -0.2) is 54.4 Å². The van der Waals surface area contributed by atoms with Crippen molar-refractivity contribution < 1.29 is 19.4 Å². The summed E-state index contributed by atoms with van der Waals surface area (Å²) in [4.78, 5) is 38.2. The Balaban J connectivity index is 1.53. The fourth-order valence-corrected chi connectivity index (χ4v) is 3.45. The van der Waals surface area contributed by atoms with Gasteiger partial charge in [-0.1, -0.05) is 18.2 Å². The maximum absolute atomic E-state index is 12.6. The second-order valence-corrected chi connectivity index (χ2v) is 7.32. The van der Waals surface area contributed by atoms with Crippen LogP contribution in [0.2, 0.25) is 0 Å². The van der Waals surface area contributed by atoms with Crippen LogP contribution in [0.5, 0.6) is 0 Å². The molecule has 0 aromatic heterocycles. The summed E-state index contributed by atoms with van der Waals surface area (Å²) >= 11 is 0. The highest BCUT2D eigenvalue weighted by molar-refractivity contribution is 5.95. The molecule has 1 aliphatic rings. The predicted octanol–water partition coefficient (Wildman–Crippen LogP) is 1.19. The van der Waals surface area contributed by atoms with E-state index < -0.39 is 4.92 Å². The number of carbonyl (C=O) groups is 2. The number of nitrogens with zero attached hydrogens (tertiary/aromatic N) is 2. The van der Waals surface area contributed by atoms with E-state index in [1.807, 2.05) is 32.0 Å². The van der Waals surface area contributed by atoms with Crippen LogP contribution in [0.3, 0.4) is 0 Å². The molecule has 2 aromatic carbocycles. The summed E-state index contributed by atoms with van der Waals surface area (Å²) < 4.78 is 0. The van der Waals surface area contributed by atoms with Gasteiger partial charge in [0, 0.05) is 23.4 Å². The molecule has 0 saturated carbocycles. The van der Waals surface area contributed by atoms with Gasteiger partial charge in [0.25, 0.3) is 17.5 Å². The van der Waals surface area contributed by atoms with Crippen molar-refractivity contribution in [2.24, 2.45) is 0 Å². The lowest BCUT2D eigenvalue weighted by atomic mass is 10.1. The molecule has 0 aliphatic carbocycles. The highest BCUT2D eigenvalue weighted by Crippen LogP contribution is 2.17. The van der Waals surface area contributed by atoms with E-state index in [0.717, 1.165) is 21.7 Å². The average molecular weight is 397 g/mol. The molecule has 0 unspecified atom stereocenters. The predicted molar refractivity (Wildman–Crippen MR) is 109 cm³/mol. The normalized spacial score (nSPS) is 14.5. The van der Waals surface area contributed by atoms with E-state index in [9.17, 15) is 19.7 Å². The Bertz CT molecular complexity index is 936. The number of anilines is 1. The molecule has 0 bridgehead atoms. The Labute approximate surface area is 169 Å².